The monoisotopic (exact) mass is 285 g/mol. The Labute approximate surface area is 113 Å². The van der Waals surface area contributed by atoms with Gasteiger partial charge in [-0.05, 0) is 24.3 Å². The fourth-order valence-corrected chi connectivity index (χ4v) is 2.14. The van der Waals surface area contributed by atoms with Crippen molar-refractivity contribution in [3.05, 3.63) is 40.6 Å². The molecule has 0 saturated heterocycles. The van der Waals surface area contributed by atoms with Gasteiger partial charge in [-0.15, -0.1) is 0 Å². The van der Waals surface area contributed by atoms with Gasteiger partial charge < -0.3 is 9.15 Å². The first-order chi connectivity index (χ1) is 8.61. The second kappa shape index (κ2) is 5.33. The zero-order valence-corrected chi connectivity index (χ0v) is 10.9. The zero-order chi connectivity index (χ0) is 13.1. The maximum absolute atomic E-state index is 11.1. The molecule has 0 spiro atoms. The van der Waals surface area contributed by atoms with Crippen molar-refractivity contribution in [2.24, 2.45) is 0 Å². The normalized spacial score (nSPS) is 10.2. The van der Waals surface area contributed by atoms with E-state index in [9.17, 15) is 4.79 Å². The minimum atomic E-state index is -0.590. The van der Waals surface area contributed by atoms with Crippen LogP contribution in [0.4, 0.5) is 10.5 Å². The van der Waals surface area contributed by atoms with Crippen molar-refractivity contribution < 1.29 is 13.9 Å². The fourth-order valence-electron chi connectivity index (χ4n) is 1.47. The van der Waals surface area contributed by atoms with Gasteiger partial charge in [-0.3, -0.25) is 5.32 Å². The molecule has 0 aliphatic carbocycles. The molecule has 0 radical (unpaired) electrons. The summed E-state index contributed by atoms with van der Waals surface area (Å²) in [6.07, 6.45) is 0.940. The van der Waals surface area contributed by atoms with E-state index in [0.717, 1.165) is 0 Å². The fraction of sp³-hybridized carbons (Fsp3) is 0.0833. The van der Waals surface area contributed by atoms with Crippen LogP contribution in [-0.2, 0) is 4.74 Å². The first-order valence-electron chi connectivity index (χ1n) is 4.99. The van der Waals surface area contributed by atoms with E-state index < -0.39 is 6.09 Å². The van der Waals surface area contributed by atoms with Gasteiger partial charge >= 0.3 is 6.09 Å². The molecule has 0 fully saturated rings. The van der Waals surface area contributed by atoms with Crippen LogP contribution in [0, 0.1) is 0 Å². The van der Waals surface area contributed by atoms with Crippen molar-refractivity contribution in [2.75, 3.05) is 12.4 Å². The molecule has 1 aromatic heterocycles. The summed E-state index contributed by atoms with van der Waals surface area (Å²) < 4.78 is 9.72. The molecule has 1 N–H and O–H groups in total. The molecule has 18 heavy (non-hydrogen) atoms. The Morgan fingerprint density at radius 3 is 2.50 bits per heavy atom. The van der Waals surface area contributed by atoms with Crippen molar-refractivity contribution in [2.45, 2.75) is 0 Å². The highest BCUT2D eigenvalue weighted by molar-refractivity contribution is 6.39. The summed E-state index contributed by atoms with van der Waals surface area (Å²) in [5, 5.41) is 3.24. The highest BCUT2D eigenvalue weighted by atomic mass is 35.5. The Morgan fingerprint density at radius 2 is 2.00 bits per heavy atom. The maximum atomic E-state index is 11.1. The van der Waals surface area contributed by atoms with Gasteiger partial charge in [-0.2, -0.15) is 0 Å². The Kier molecular flexibility index (Phi) is 3.79. The molecule has 0 atom stereocenters. The lowest BCUT2D eigenvalue weighted by atomic mass is 10.1. The van der Waals surface area contributed by atoms with Gasteiger partial charge in [0.05, 0.1) is 29.0 Å². The molecular formula is C12H9Cl2NO3. The minimum absolute atomic E-state index is 0.379. The number of carbonyl (C=O) groups excluding carboxylic acids is 1. The molecule has 0 aliphatic heterocycles. The molecule has 1 amide bonds. The van der Waals surface area contributed by atoms with Crippen LogP contribution in [0.3, 0.4) is 0 Å². The molecule has 4 nitrogen and oxygen atoms in total. The number of carbonyl (C=O) groups is 1. The lowest BCUT2D eigenvalue weighted by Crippen LogP contribution is -2.10. The Morgan fingerprint density at radius 1 is 1.33 bits per heavy atom. The smallest absolute Gasteiger partial charge is 0.411 e. The van der Waals surface area contributed by atoms with Gasteiger partial charge in [0.1, 0.15) is 5.76 Å². The Hall–Kier alpha value is -1.65. The Bertz CT molecular complexity index is 544. The largest absolute Gasteiger partial charge is 0.464 e. The van der Waals surface area contributed by atoms with Crippen LogP contribution < -0.4 is 5.32 Å². The second-order valence-electron chi connectivity index (χ2n) is 3.41. The lowest BCUT2D eigenvalue weighted by molar-refractivity contribution is 0.187. The van der Waals surface area contributed by atoms with Crippen molar-refractivity contribution in [1.82, 2.24) is 0 Å². The molecule has 2 rings (SSSR count). The molecule has 1 aromatic carbocycles. The number of rotatable bonds is 2. The summed E-state index contributed by atoms with van der Waals surface area (Å²) in [6, 6.07) is 6.63. The average Bonchev–Trinajstić information content (AvgIpc) is 2.81. The van der Waals surface area contributed by atoms with Crippen molar-refractivity contribution >= 4 is 35.0 Å². The highest BCUT2D eigenvalue weighted by Gasteiger charge is 2.13. The van der Waals surface area contributed by atoms with E-state index in [2.05, 4.69) is 10.1 Å². The average molecular weight is 286 g/mol. The molecular weight excluding hydrogens is 277 g/mol. The van der Waals surface area contributed by atoms with E-state index in [1.54, 1.807) is 24.3 Å². The number of methoxy groups -OCH3 is 1. The third kappa shape index (κ3) is 2.60. The maximum Gasteiger partial charge on any atom is 0.411 e. The van der Waals surface area contributed by atoms with Crippen LogP contribution in [0.15, 0.2) is 34.9 Å². The number of halogens is 2. The van der Waals surface area contributed by atoms with Crippen molar-refractivity contribution in [3.63, 3.8) is 0 Å². The quantitative estimate of drug-likeness (QED) is 0.888. The summed E-state index contributed by atoms with van der Waals surface area (Å²) in [5.74, 6) is 0.564. The second-order valence-corrected chi connectivity index (χ2v) is 4.22. The molecule has 94 valence electrons. The van der Waals surface area contributed by atoms with E-state index in [-0.39, 0.29) is 0 Å². The van der Waals surface area contributed by atoms with Crippen LogP contribution >= 0.6 is 23.2 Å². The van der Waals surface area contributed by atoms with Crippen LogP contribution in [0.2, 0.25) is 10.0 Å². The summed E-state index contributed by atoms with van der Waals surface area (Å²) in [7, 11) is 1.27. The van der Waals surface area contributed by atoms with E-state index in [4.69, 9.17) is 27.6 Å². The van der Waals surface area contributed by atoms with Crippen LogP contribution in [-0.4, -0.2) is 13.2 Å². The first-order valence-corrected chi connectivity index (χ1v) is 5.75. The van der Waals surface area contributed by atoms with E-state index in [1.807, 2.05) is 0 Å². The third-order valence-corrected chi connectivity index (χ3v) is 2.84. The number of furan rings is 1. The van der Waals surface area contributed by atoms with Crippen LogP contribution in [0.1, 0.15) is 0 Å². The number of ether oxygens (including phenoxy) is 1. The van der Waals surface area contributed by atoms with Crippen LogP contribution in [0.25, 0.3) is 11.3 Å². The molecule has 0 bridgehead atoms. The van der Waals surface area contributed by atoms with Gasteiger partial charge in [-0.25, -0.2) is 4.79 Å². The number of hydrogen-bond acceptors (Lipinski definition) is 3. The molecule has 0 unspecified atom stereocenters. The van der Waals surface area contributed by atoms with Crippen molar-refractivity contribution in [3.8, 4) is 11.3 Å². The van der Waals surface area contributed by atoms with Gasteiger partial charge in [0, 0.05) is 5.69 Å². The van der Waals surface area contributed by atoms with Crippen LogP contribution in [0.5, 0.6) is 0 Å². The molecule has 0 aliphatic rings. The van der Waals surface area contributed by atoms with E-state index in [0.29, 0.717) is 27.1 Å². The van der Waals surface area contributed by atoms with E-state index in [1.165, 1.54) is 13.4 Å². The minimum Gasteiger partial charge on any atom is -0.464 e. The zero-order valence-electron chi connectivity index (χ0n) is 9.37. The van der Waals surface area contributed by atoms with Gasteiger partial charge in [0.25, 0.3) is 0 Å². The number of amides is 1. The summed E-state index contributed by atoms with van der Waals surface area (Å²) in [6.45, 7) is 0. The van der Waals surface area contributed by atoms with Gasteiger partial charge in [-0.1, -0.05) is 23.2 Å². The Balaban J connectivity index is 2.38. The predicted molar refractivity (Wildman–Crippen MR) is 70.2 cm³/mol. The molecule has 2 aromatic rings. The van der Waals surface area contributed by atoms with Gasteiger partial charge in [0.2, 0.25) is 0 Å². The third-order valence-electron chi connectivity index (χ3n) is 2.24. The highest BCUT2D eigenvalue weighted by Crippen LogP contribution is 2.37. The lowest BCUT2D eigenvalue weighted by Gasteiger charge is -2.08. The topological polar surface area (TPSA) is 51.5 Å². The number of benzene rings is 1. The standard InChI is InChI=1S/C12H9Cl2NO3/c1-17-12(16)15-7-5-8(13)11(9(14)6-7)10-3-2-4-18-10/h2-6H,1H3,(H,15,16). The number of anilines is 1. The van der Waals surface area contributed by atoms with Gasteiger partial charge in [0.15, 0.2) is 0 Å². The SMILES string of the molecule is COC(=O)Nc1cc(Cl)c(-c2ccco2)c(Cl)c1. The molecule has 1 heterocycles. The summed E-state index contributed by atoms with van der Waals surface area (Å²) >= 11 is 12.2. The van der Waals surface area contributed by atoms with Crippen molar-refractivity contribution in [1.29, 1.82) is 0 Å². The first kappa shape index (κ1) is 12.8. The predicted octanol–water partition coefficient (Wildman–Crippen LogP) is 4.43. The molecule has 0 saturated carbocycles. The molecule has 6 heteroatoms. The van der Waals surface area contributed by atoms with E-state index >= 15 is 0 Å². The number of hydrogen-bond donors (Lipinski definition) is 1. The summed E-state index contributed by atoms with van der Waals surface area (Å²) in [5.41, 5.74) is 1.03. The summed E-state index contributed by atoms with van der Waals surface area (Å²) in [4.78, 5) is 11.1. The number of nitrogens with one attached hydrogen (secondary N) is 1.